The molecule has 0 aliphatic heterocycles. The molecule has 0 aliphatic rings. The van der Waals surface area contributed by atoms with Gasteiger partial charge in [-0.05, 0) is 52.5 Å². The van der Waals surface area contributed by atoms with Gasteiger partial charge in [-0.25, -0.2) is 0 Å². The molecule has 2 heterocycles. The average molecular weight is 319 g/mol. The molecule has 0 aliphatic carbocycles. The van der Waals surface area contributed by atoms with E-state index < -0.39 is 0 Å². The van der Waals surface area contributed by atoms with Crippen LogP contribution in [0.5, 0.6) is 0 Å². The molecule has 0 bridgehead atoms. The average Bonchev–Trinajstić information content (AvgIpc) is 2.45. The molecule has 0 N–H and O–H groups in total. The molecule has 2 nitrogen and oxygen atoms in total. The van der Waals surface area contributed by atoms with Gasteiger partial charge in [0.15, 0.2) is 0 Å². The van der Waals surface area contributed by atoms with Gasteiger partial charge in [-0.15, -0.1) is 0 Å². The van der Waals surface area contributed by atoms with Crippen LogP contribution in [0.2, 0.25) is 0 Å². The van der Waals surface area contributed by atoms with Gasteiger partial charge in [0.1, 0.15) is 0 Å². The highest BCUT2D eigenvalue weighted by atomic mass is 79.9. The van der Waals surface area contributed by atoms with Crippen LogP contribution in [0.1, 0.15) is 38.2 Å². The maximum Gasteiger partial charge on any atom is 0.0886 e. The van der Waals surface area contributed by atoms with Crippen LogP contribution in [0.15, 0.2) is 41.1 Å². The number of hydrogen-bond donors (Lipinski definition) is 0. The topological polar surface area (TPSA) is 25.8 Å². The van der Waals surface area contributed by atoms with E-state index in [1.165, 1.54) is 31.2 Å². The Hall–Kier alpha value is -1.22. The number of aryl methyl sites for hydroxylation is 1. The standard InChI is InChI=1S/C16H19BrN2/c1-2-3-4-5-6-13-7-9-15(18-11-13)16-10-8-14(17)12-19-16/h7-12H,2-6H2,1H3. The third-order valence-corrected chi connectivity index (χ3v) is 3.60. The van der Waals surface area contributed by atoms with Gasteiger partial charge in [0, 0.05) is 16.9 Å². The molecule has 0 atom stereocenters. The highest BCUT2D eigenvalue weighted by Gasteiger charge is 2.01. The van der Waals surface area contributed by atoms with Gasteiger partial charge < -0.3 is 0 Å². The van der Waals surface area contributed by atoms with Crippen LogP contribution in [0.3, 0.4) is 0 Å². The van der Waals surface area contributed by atoms with E-state index in [4.69, 9.17) is 0 Å². The van der Waals surface area contributed by atoms with Crippen LogP contribution >= 0.6 is 15.9 Å². The minimum atomic E-state index is 0.917. The molecule has 0 spiro atoms. The molecule has 3 heteroatoms. The lowest BCUT2D eigenvalue weighted by Crippen LogP contribution is -1.91. The largest absolute Gasteiger partial charge is 0.254 e. The fourth-order valence-electron chi connectivity index (χ4n) is 2.01. The number of nitrogens with zero attached hydrogens (tertiary/aromatic N) is 2. The summed E-state index contributed by atoms with van der Waals surface area (Å²) in [5, 5.41) is 0. The second-order valence-electron chi connectivity index (χ2n) is 4.72. The Bertz CT molecular complexity index is 491. The fraction of sp³-hybridized carbons (Fsp3) is 0.375. The Balaban J connectivity index is 1.96. The van der Waals surface area contributed by atoms with Crippen molar-refractivity contribution >= 4 is 15.9 Å². The van der Waals surface area contributed by atoms with Crippen molar-refractivity contribution in [2.24, 2.45) is 0 Å². The molecule has 19 heavy (non-hydrogen) atoms. The number of hydrogen-bond acceptors (Lipinski definition) is 2. The van der Waals surface area contributed by atoms with E-state index in [1.54, 1.807) is 6.20 Å². The van der Waals surface area contributed by atoms with Crippen molar-refractivity contribution in [3.8, 4) is 11.4 Å². The van der Waals surface area contributed by atoms with Gasteiger partial charge >= 0.3 is 0 Å². The third-order valence-electron chi connectivity index (χ3n) is 3.13. The Morgan fingerprint density at radius 2 is 1.63 bits per heavy atom. The number of halogens is 1. The molecule has 2 aromatic heterocycles. The summed E-state index contributed by atoms with van der Waals surface area (Å²) in [6, 6.07) is 8.19. The summed E-state index contributed by atoms with van der Waals surface area (Å²) in [7, 11) is 0. The van der Waals surface area contributed by atoms with Gasteiger partial charge in [0.05, 0.1) is 11.4 Å². The molecule has 0 amide bonds. The highest BCUT2D eigenvalue weighted by Crippen LogP contribution is 2.17. The number of rotatable bonds is 6. The van der Waals surface area contributed by atoms with Crippen molar-refractivity contribution in [2.75, 3.05) is 0 Å². The van der Waals surface area contributed by atoms with Crippen molar-refractivity contribution < 1.29 is 0 Å². The second kappa shape index (κ2) is 7.39. The Morgan fingerprint density at radius 1 is 0.895 bits per heavy atom. The van der Waals surface area contributed by atoms with Crippen LogP contribution in [-0.4, -0.2) is 9.97 Å². The van der Waals surface area contributed by atoms with E-state index in [1.807, 2.05) is 18.3 Å². The van der Waals surface area contributed by atoms with Crippen LogP contribution in [0, 0.1) is 0 Å². The van der Waals surface area contributed by atoms with Crippen molar-refractivity contribution in [3.63, 3.8) is 0 Å². The minimum Gasteiger partial charge on any atom is -0.254 e. The zero-order chi connectivity index (χ0) is 13.5. The van der Waals surface area contributed by atoms with E-state index in [2.05, 4.69) is 45.0 Å². The first-order chi connectivity index (χ1) is 9.29. The summed E-state index contributed by atoms with van der Waals surface area (Å²) in [5.41, 5.74) is 3.17. The minimum absolute atomic E-state index is 0.917. The van der Waals surface area contributed by atoms with Crippen molar-refractivity contribution in [1.29, 1.82) is 0 Å². The van der Waals surface area contributed by atoms with Gasteiger partial charge in [0.2, 0.25) is 0 Å². The molecule has 2 rings (SSSR count). The monoisotopic (exact) mass is 318 g/mol. The van der Waals surface area contributed by atoms with Crippen LogP contribution in [-0.2, 0) is 6.42 Å². The zero-order valence-corrected chi connectivity index (χ0v) is 12.9. The molecule has 0 fully saturated rings. The maximum atomic E-state index is 4.50. The Kier molecular flexibility index (Phi) is 5.52. The molecule has 0 saturated heterocycles. The van der Waals surface area contributed by atoms with Crippen molar-refractivity contribution in [1.82, 2.24) is 9.97 Å². The van der Waals surface area contributed by atoms with E-state index in [9.17, 15) is 0 Å². The van der Waals surface area contributed by atoms with Gasteiger partial charge in [0.25, 0.3) is 0 Å². The summed E-state index contributed by atoms with van der Waals surface area (Å²) in [4.78, 5) is 8.86. The molecule has 0 radical (unpaired) electrons. The molecule has 0 aromatic carbocycles. The van der Waals surface area contributed by atoms with E-state index >= 15 is 0 Å². The lowest BCUT2D eigenvalue weighted by Gasteiger charge is -2.03. The summed E-state index contributed by atoms with van der Waals surface area (Å²) >= 11 is 3.39. The van der Waals surface area contributed by atoms with Gasteiger partial charge in [-0.2, -0.15) is 0 Å². The predicted molar refractivity (Wildman–Crippen MR) is 83.0 cm³/mol. The Morgan fingerprint density at radius 3 is 2.21 bits per heavy atom. The first kappa shape index (κ1) is 14.2. The summed E-state index contributed by atoms with van der Waals surface area (Å²) in [5.74, 6) is 0. The lowest BCUT2D eigenvalue weighted by atomic mass is 10.1. The third kappa shape index (κ3) is 4.43. The van der Waals surface area contributed by atoms with E-state index in [0.29, 0.717) is 0 Å². The summed E-state index contributed by atoms with van der Waals surface area (Å²) < 4.78 is 0.990. The zero-order valence-electron chi connectivity index (χ0n) is 11.3. The molecule has 0 saturated carbocycles. The number of unbranched alkanes of at least 4 members (excludes halogenated alkanes) is 3. The first-order valence-corrected chi connectivity index (χ1v) is 7.65. The number of pyridine rings is 2. The van der Waals surface area contributed by atoms with Crippen molar-refractivity contribution in [2.45, 2.75) is 39.0 Å². The van der Waals surface area contributed by atoms with Gasteiger partial charge in [-0.3, -0.25) is 9.97 Å². The quantitative estimate of drug-likeness (QED) is 0.698. The smallest absolute Gasteiger partial charge is 0.0886 e. The summed E-state index contributed by atoms with van der Waals surface area (Å²) in [6.45, 7) is 2.24. The van der Waals surface area contributed by atoms with Gasteiger partial charge in [-0.1, -0.05) is 32.3 Å². The normalized spacial score (nSPS) is 10.6. The lowest BCUT2D eigenvalue weighted by molar-refractivity contribution is 0.666. The summed E-state index contributed by atoms with van der Waals surface area (Å²) in [6.07, 6.45) is 10.1. The molecule has 100 valence electrons. The van der Waals surface area contributed by atoms with Crippen LogP contribution < -0.4 is 0 Å². The Labute approximate surface area is 123 Å². The first-order valence-electron chi connectivity index (χ1n) is 6.86. The highest BCUT2D eigenvalue weighted by molar-refractivity contribution is 9.10. The molecule has 0 unspecified atom stereocenters. The second-order valence-corrected chi connectivity index (χ2v) is 5.64. The number of aromatic nitrogens is 2. The SMILES string of the molecule is CCCCCCc1ccc(-c2ccc(Br)cn2)nc1. The van der Waals surface area contributed by atoms with Crippen LogP contribution in [0.4, 0.5) is 0 Å². The molecular formula is C16H19BrN2. The molecular weight excluding hydrogens is 300 g/mol. The van der Waals surface area contributed by atoms with E-state index in [-0.39, 0.29) is 0 Å². The maximum absolute atomic E-state index is 4.50. The van der Waals surface area contributed by atoms with Crippen molar-refractivity contribution in [3.05, 3.63) is 46.7 Å². The van der Waals surface area contributed by atoms with Crippen LogP contribution in [0.25, 0.3) is 11.4 Å². The van der Waals surface area contributed by atoms with E-state index in [0.717, 1.165) is 22.3 Å². The fourth-order valence-corrected chi connectivity index (χ4v) is 2.24. The predicted octanol–water partition coefficient (Wildman–Crippen LogP) is 5.03. The molecule has 2 aromatic rings.